The number of thioether (sulfide) groups is 1. The predicted molar refractivity (Wildman–Crippen MR) is 115 cm³/mol. The number of aromatic nitrogens is 6. The summed E-state index contributed by atoms with van der Waals surface area (Å²) in [5.74, 6) is 0.917. The zero-order chi connectivity index (χ0) is 21.4. The van der Waals surface area contributed by atoms with E-state index in [2.05, 4.69) is 25.3 Å². The van der Waals surface area contributed by atoms with Gasteiger partial charge in [-0.25, -0.2) is 4.98 Å². The zero-order valence-corrected chi connectivity index (χ0v) is 17.9. The van der Waals surface area contributed by atoms with Gasteiger partial charge in [0.25, 0.3) is 11.7 Å². The lowest BCUT2D eigenvalue weighted by atomic mass is 10.2. The Bertz CT molecular complexity index is 1250. The van der Waals surface area contributed by atoms with Gasteiger partial charge in [0.05, 0.1) is 18.7 Å². The quantitative estimate of drug-likeness (QED) is 0.470. The summed E-state index contributed by atoms with van der Waals surface area (Å²) in [5, 5.41) is 13.0. The molecule has 31 heavy (non-hydrogen) atoms. The third-order valence-corrected chi connectivity index (χ3v) is 5.62. The minimum atomic E-state index is -0.269. The summed E-state index contributed by atoms with van der Waals surface area (Å²) in [6.07, 6.45) is 1.64. The van der Waals surface area contributed by atoms with E-state index in [4.69, 9.17) is 9.47 Å². The Morgan fingerprint density at radius 1 is 1.35 bits per heavy atom. The molecule has 1 aliphatic heterocycles. The first-order valence-electron chi connectivity index (χ1n) is 9.87. The van der Waals surface area contributed by atoms with E-state index in [9.17, 15) is 4.79 Å². The van der Waals surface area contributed by atoms with E-state index >= 15 is 0 Å². The highest BCUT2D eigenvalue weighted by atomic mass is 32.2. The van der Waals surface area contributed by atoms with Crippen molar-refractivity contribution in [1.82, 2.24) is 34.7 Å². The highest BCUT2D eigenvalue weighted by molar-refractivity contribution is 7.98. The lowest BCUT2D eigenvalue weighted by Gasteiger charge is -2.32. The van der Waals surface area contributed by atoms with E-state index in [-0.39, 0.29) is 18.6 Å². The third-order valence-electron chi connectivity index (χ3n) is 5.09. The molecule has 1 amide bonds. The number of ether oxygens (including phenoxy) is 2. The Balaban J connectivity index is 1.30. The summed E-state index contributed by atoms with van der Waals surface area (Å²) in [6, 6.07) is 9.41. The number of H-pyrrole nitrogens is 1. The number of hydrogen-bond acceptors (Lipinski definition) is 8. The van der Waals surface area contributed by atoms with Crippen molar-refractivity contribution in [3.63, 3.8) is 0 Å². The molecule has 5 rings (SSSR count). The number of carbonyl (C=O) groups is 1. The summed E-state index contributed by atoms with van der Waals surface area (Å²) in [7, 11) is 0. The molecule has 0 saturated carbocycles. The number of amides is 1. The molecule has 0 aliphatic carbocycles. The number of benzene rings is 1. The van der Waals surface area contributed by atoms with Crippen LogP contribution >= 0.6 is 11.8 Å². The third kappa shape index (κ3) is 3.81. The number of aryl methyl sites for hydroxylation is 1. The first-order valence-corrected chi connectivity index (χ1v) is 11.1. The Kier molecular flexibility index (Phi) is 5.20. The van der Waals surface area contributed by atoms with Crippen LogP contribution < -0.4 is 4.74 Å². The number of nitrogens with zero attached hydrogens (tertiary/aromatic N) is 6. The second kappa shape index (κ2) is 8.16. The average molecular weight is 440 g/mol. The van der Waals surface area contributed by atoms with Gasteiger partial charge in [0.15, 0.2) is 5.69 Å². The van der Waals surface area contributed by atoms with Gasteiger partial charge in [-0.3, -0.25) is 9.89 Å². The second-order valence-electron chi connectivity index (χ2n) is 7.22. The molecule has 0 radical (unpaired) electrons. The van der Waals surface area contributed by atoms with Crippen LogP contribution in [-0.4, -0.2) is 79.2 Å². The van der Waals surface area contributed by atoms with Crippen molar-refractivity contribution in [3.05, 3.63) is 41.7 Å². The van der Waals surface area contributed by atoms with Crippen LogP contribution in [0.1, 0.15) is 16.2 Å². The molecule has 3 aromatic heterocycles. The van der Waals surface area contributed by atoms with E-state index < -0.39 is 0 Å². The number of hydrogen-bond donors (Lipinski definition) is 1. The fourth-order valence-electron chi connectivity index (χ4n) is 3.58. The van der Waals surface area contributed by atoms with Gasteiger partial charge in [-0.1, -0.05) is 30.0 Å². The van der Waals surface area contributed by atoms with Gasteiger partial charge >= 0.3 is 0 Å². The lowest BCUT2D eigenvalue weighted by Crippen LogP contribution is -2.47. The molecule has 1 atom stereocenters. The van der Waals surface area contributed by atoms with Crippen molar-refractivity contribution in [2.75, 3.05) is 32.6 Å². The van der Waals surface area contributed by atoms with Crippen LogP contribution in [-0.2, 0) is 4.74 Å². The van der Waals surface area contributed by atoms with Gasteiger partial charge in [-0.2, -0.15) is 14.6 Å². The Morgan fingerprint density at radius 2 is 2.23 bits per heavy atom. The van der Waals surface area contributed by atoms with E-state index in [1.54, 1.807) is 9.42 Å². The topological polar surface area (TPSA) is 111 Å². The maximum atomic E-state index is 13.1. The molecule has 11 heteroatoms. The molecule has 4 heterocycles. The van der Waals surface area contributed by atoms with E-state index in [0.717, 1.165) is 16.6 Å². The Morgan fingerprint density at radius 3 is 3.10 bits per heavy atom. The fraction of sp³-hybridized carbons (Fsp3) is 0.350. The normalized spacial score (nSPS) is 16.8. The van der Waals surface area contributed by atoms with Crippen molar-refractivity contribution in [2.45, 2.75) is 18.2 Å². The first-order chi connectivity index (χ1) is 15.1. The summed E-state index contributed by atoms with van der Waals surface area (Å²) >= 11 is 1.44. The second-order valence-corrected chi connectivity index (χ2v) is 7.99. The largest absolute Gasteiger partial charge is 0.475 e. The molecule has 0 spiro atoms. The van der Waals surface area contributed by atoms with Crippen LogP contribution in [0.4, 0.5) is 0 Å². The molecule has 1 fully saturated rings. The van der Waals surface area contributed by atoms with Crippen molar-refractivity contribution in [2.24, 2.45) is 0 Å². The van der Waals surface area contributed by atoms with Crippen LogP contribution in [0.5, 0.6) is 5.88 Å². The molecule has 1 N–H and O–H groups in total. The maximum Gasteiger partial charge on any atom is 0.275 e. The number of nitrogens with one attached hydrogen (secondary N) is 1. The number of fused-ring (bicyclic) bond motifs is 2. The Labute approximate surface area is 181 Å². The summed E-state index contributed by atoms with van der Waals surface area (Å²) in [4.78, 5) is 23.6. The SMILES string of the molecule is CSc1nc2nc(C)cc(OCC3CN(C(=O)c4n[nH]c5ccccc45)CCO3)n2n1. The highest BCUT2D eigenvalue weighted by Gasteiger charge is 2.28. The van der Waals surface area contributed by atoms with Crippen LogP contribution in [0.15, 0.2) is 35.5 Å². The zero-order valence-electron chi connectivity index (χ0n) is 17.1. The maximum absolute atomic E-state index is 13.1. The van der Waals surface area contributed by atoms with Crippen molar-refractivity contribution < 1.29 is 14.3 Å². The van der Waals surface area contributed by atoms with E-state index in [1.807, 2.05) is 43.5 Å². The fourth-order valence-corrected chi connectivity index (χ4v) is 3.92. The van der Waals surface area contributed by atoms with Gasteiger partial charge in [0.1, 0.15) is 12.7 Å². The molecule has 0 bridgehead atoms. The van der Waals surface area contributed by atoms with Gasteiger partial charge < -0.3 is 14.4 Å². The number of morpholine rings is 1. The molecule has 160 valence electrons. The first kappa shape index (κ1) is 19.8. The monoisotopic (exact) mass is 439 g/mol. The molecule has 10 nitrogen and oxygen atoms in total. The van der Waals surface area contributed by atoms with Crippen LogP contribution in [0.3, 0.4) is 0 Å². The highest BCUT2D eigenvalue weighted by Crippen LogP contribution is 2.20. The van der Waals surface area contributed by atoms with Gasteiger partial charge in [0.2, 0.25) is 11.0 Å². The lowest BCUT2D eigenvalue weighted by molar-refractivity contribution is -0.0411. The average Bonchev–Trinajstić information content (AvgIpc) is 3.41. The number of aromatic amines is 1. The molecular formula is C20H21N7O3S. The van der Waals surface area contributed by atoms with Crippen molar-refractivity contribution >= 4 is 34.3 Å². The van der Waals surface area contributed by atoms with E-state index in [1.165, 1.54) is 11.8 Å². The molecule has 1 unspecified atom stereocenters. The minimum Gasteiger partial charge on any atom is -0.475 e. The molecule has 1 saturated heterocycles. The molecule has 1 aromatic carbocycles. The summed E-state index contributed by atoms with van der Waals surface area (Å²) < 4.78 is 13.4. The summed E-state index contributed by atoms with van der Waals surface area (Å²) in [6.45, 7) is 3.52. The van der Waals surface area contributed by atoms with Gasteiger partial charge in [0, 0.05) is 23.7 Å². The smallest absolute Gasteiger partial charge is 0.275 e. The van der Waals surface area contributed by atoms with Crippen molar-refractivity contribution in [3.8, 4) is 5.88 Å². The number of para-hydroxylation sites is 1. The van der Waals surface area contributed by atoms with Crippen LogP contribution in [0.2, 0.25) is 0 Å². The number of carbonyl (C=O) groups excluding carboxylic acids is 1. The number of rotatable bonds is 5. The Hall–Kier alpha value is -3.18. The molecule has 4 aromatic rings. The van der Waals surface area contributed by atoms with Gasteiger partial charge in [-0.05, 0) is 19.2 Å². The van der Waals surface area contributed by atoms with Crippen molar-refractivity contribution in [1.29, 1.82) is 0 Å². The van der Waals surface area contributed by atoms with Gasteiger partial charge in [-0.15, -0.1) is 5.10 Å². The minimum absolute atomic E-state index is 0.117. The predicted octanol–water partition coefficient (Wildman–Crippen LogP) is 1.95. The summed E-state index contributed by atoms with van der Waals surface area (Å²) in [5.41, 5.74) is 2.05. The van der Waals surface area contributed by atoms with Crippen LogP contribution in [0.25, 0.3) is 16.7 Å². The standard InChI is InChI=1S/C20H21N7O3S/c1-12-9-16(27-19(21-12)22-20(25-27)31-2)30-11-13-10-26(7-8-29-13)18(28)17-14-5-3-4-6-15(14)23-24-17/h3-6,9,13H,7-8,10-11H2,1-2H3,(H,23,24). The molecular weight excluding hydrogens is 418 g/mol. The van der Waals surface area contributed by atoms with Crippen LogP contribution in [0, 0.1) is 6.92 Å². The molecule has 1 aliphatic rings. The van der Waals surface area contributed by atoms with E-state index in [0.29, 0.717) is 42.2 Å².